The lowest BCUT2D eigenvalue weighted by Crippen LogP contribution is -2.02. The number of nitrogens with zero attached hydrogens (tertiary/aromatic N) is 2. The van der Waals surface area contributed by atoms with E-state index in [4.69, 9.17) is 0 Å². The van der Waals surface area contributed by atoms with Gasteiger partial charge in [0.15, 0.2) is 0 Å². The Kier molecular flexibility index (Phi) is 3.75. The number of benzene rings is 2. The molecule has 106 valence electrons. The van der Waals surface area contributed by atoms with Crippen LogP contribution in [-0.4, -0.2) is 17.0 Å². The molecule has 0 fully saturated rings. The van der Waals surface area contributed by atoms with Gasteiger partial charge in [0.2, 0.25) is 5.95 Å². The van der Waals surface area contributed by atoms with Gasteiger partial charge in [-0.3, -0.25) is 0 Å². The van der Waals surface area contributed by atoms with Crippen molar-refractivity contribution in [2.24, 2.45) is 0 Å². The number of halogens is 1. The monoisotopic (exact) mass is 342 g/mol. The highest BCUT2D eigenvalue weighted by molar-refractivity contribution is 9.10. The van der Waals surface area contributed by atoms with Gasteiger partial charge in [-0.2, -0.15) is 4.98 Å². The first-order valence-electron chi connectivity index (χ1n) is 6.65. The molecule has 0 aliphatic rings. The van der Waals surface area contributed by atoms with E-state index in [-0.39, 0.29) is 0 Å². The van der Waals surface area contributed by atoms with Crippen molar-refractivity contribution in [3.63, 3.8) is 0 Å². The van der Waals surface area contributed by atoms with Crippen molar-refractivity contribution in [1.82, 2.24) is 9.97 Å². The summed E-state index contributed by atoms with van der Waals surface area (Å²) < 4.78 is 1.01. The smallest absolute Gasteiger partial charge is 0.224 e. The quantitative estimate of drug-likeness (QED) is 0.736. The van der Waals surface area contributed by atoms with Crippen LogP contribution < -0.4 is 10.6 Å². The summed E-state index contributed by atoms with van der Waals surface area (Å²) in [6.45, 7) is 2.06. The molecule has 0 aliphatic heterocycles. The molecule has 4 nitrogen and oxygen atoms in total. The van der Waals surface area contributed by atoms with E-state index in [0.717, 1.165) is 26.9 Å². The van der Waals surface area contributed by atoms with E-state index < -0.39 is 0 Å². The number of rotatable bonds is 3. The second kappa shape index (κ2) is 5.69. The van der Waals surface area contributed by atoms with Crippen molar-refractivity contribution < 1.29 is 0 Å². The summed E-state index contributed by atoms with van der Waals surface area (Å²) >= 11 is 3.58. The summed E-state index contributed by atoms with van der Waals surface area (Å²) in [5.74, 6) is 1.38. The third-order valence-corrected chi connectivity index (χ3v) is 3.86. The van der Waals surface area contributed by atoms with E-state index in [1.54, 1.807) is 0 Å². The fourth-order valence-electron chi connectivity index (χ4n) is 2.13. The summed E-state index contributed by atoms with van der Waals surface area (Å²) in [5.41, 5.74) is 3.09. The SMILES string of the molecule is CNc1nc(Nc2ccc(C)cc2Br)c2ccccc2n1. The molecule has 21 heavy (non-hydrogen) atoms. The van der Waals surface area contributed by atoms with Gasteiger partial charge in [-0.15, -0.1) is 0 Å². The Bertz CT molecular complexity index is 801. The first-order chi connectivity index (χ1) is 10.2. The summed E-state index contributed by atoms with van der Waals surface area (Å²) in [7, 11) is 1.82. The summed E-state index contributed by atoms with van der Waals surface area (Å²) in [5, 5.41) is 7.36. The number of aromatic nitrogens is 2. The molecule has 5 heteroatoms. The first kappa shape index (κ1) is 13.8. The first-order valence-corrected chi connectivity index (χ1v) is 7.44. The summed E-state index contributed by atoms with van der Waals surface area (Å²) in [4.78, 5) is 8.98. The molecule has 0 bridgehead atoms. The molecule has 0 amide bonds. The third-order valence-electron chi connectivity index (χ3n) is 3.20. The Morgan fingerprint density at radius 1 is 1.05 bits per heavy atom. The second-order valence-corrected chi connectivity index (χ2v) is 5.63. The molecule has 2 aromatic carbocycles. The molecular weight excluding hydrogens is 328 g/mol. The number of hydrogen-bond acceptors (Lipinski definition) is 4. The number of fused-ring (bicyclic) bond motifs is 1. The zero-order valence-electron chi connectivity index (χ0n) is 11.8. The van der Waals surface area contributed by atoms with Gasteiger partial charge in [0, 0.05) is 16.9 Å². The molecule has 1 heterocycles. The van der Waals surface area contributed by atoms with Crippen LogP contribution in [0.1, 0.15) is 5.56 Å². The van der Waals surface area contributed by atoms with Crippen LogP contribution in [-0.2, 0) is 0 Å². The van der Waals surface area contributed by atoms with Crippen molar-refractivity contribution in [2.75, 3.05) is 17.7 Å². The molecule has 1 aromatic heterocycles. The molecule has 0 saturated carbocycles. The Hall–Kier alpha value is -2.14. The van der Waals surface area contributed by atoms with Crippen LogP contribution >= 0.6 is 15.9 Å². The number of anilines is 3. The van der Waals surface area contributed by atoms with Gasteiger partial charge in [-0.05, 0) is 52.7 Å². The number of nitrogens with one attached hydrogen (secondary N) is 2. The van der Waals surface area contributed by atoms with E-state index in [0.29, 0.717) is 5.95 Å². The minimum absolute atomic E-state index is 0.597. The predicted octanol–water partition coefficient (Wildman–Crippen LogP) is 4.49. The van der Waals surface area contributed by atoms with Gasteiger partial charge in [0.25, 0.3) is 0 Å². The van der Waals surface area contributed by atoms with Gasteiger partial charge in [0.05, 0.1) is 11.2 Å². The zero-order valence-corrected chi connectivity index (χ0v) is 13.4. The highest BCUT2D eigenvalue weighted by atomic mass is 79.9. The standard InChI is InChI=1S/C16H15BrN4/c1-10-7-8-14(12(17)9-10)19-15-11-5-3-4-6-13(11)20-16(18-2)21-15/h3-9H,1-2H3,(H2,18,19,20,21). The Morgan fingerprint density at radius 3 is 2.62 bits per heavy atom. The molecule has 0 atom stereocenters. The van der Waals surface area contributed by atoms with Gasteiger partial charge in [-0.1, -0.05) is 18.2 Å². The molecule has 3 rings (SSSR count). The lowest BCUT2D eigenvalue weighted by molar-refractivity contribution is 1.19. The lowest BCUT2D eigenvalue weighted by Gasteiger charge is -2.12. The number of hydrogen-bond donors (Lipinski definition) is 2. The van der Waals surface area contributed by atoms with Crippen LogP contribution in [0.3, 0.4) is 0 Å². The second-order valence-electron chi connectivity index (χ2n) is 4.77. The molecule has 0 unspecified atom stereocenters. The predicted molar refractivity (Wildman–Crippen MR) is 91.2 cm³/mol. The molecule has 2 N–H and O–H groups in total. The third kappa shape index (κ3) is 2.83. The minimum Gasteiger partial charge on any atom is -0.357 e. The molecule has 0 spiro atoms. The molecule has 0 radical (unpaired) electrons. The largest absolute Gasteiger partial charge is 0.357 e. The van der Waals surface area contributed by atoms with Crippen molar-refractivity contribution in [3.8, 4) is 0 Å². The zero-order chi connectivity index (χ0) is 14.8. The van der Waals surface area contributed by atoms with Crippen LogP contribution in [0.2, 0.25) is 0 Å². The van der Waals surface area contributed by atoms with Crippen molar-refractivity contribution in [2.45, 2.75) is 6.92 Å². The van der Waals surface area contributed by atoms with Crippen molar-refractivity contribution in [1.29, 1.82) is 0 Å². The van der Waals surface area contributed by atoms with Crippen molar-refractivity contribution >= 4 is 44.3 Å². The summed E-state index contributed by atoms with van der Waals surface area (Å²) in [6, 6.07) is 14.1. The maximum absolute atomic E-state index is 4.52. The maximum atomic E-state index is 4.52. The number of para-hydroxylation sites is 1. The van der Waals surface area contributed by atoms with E-state index in [9.17, 15) is 0 Å². The molecule has 3 aromatic rings. The fraction of sp³-hybridized carbons (Fsp3) is 0.125. The fourth-order valence-corrected chi connectivity index (χ4v) is 2.73. The maximum Gasteiger partial charge on any atom is 0.224 e. The van der Waals surface area contributed by atoms with Gasteiger partial charge in [0.1, 0.15) is 5.82 Å². The van der Waals surface area contributed by atoms with Crippen LogP contribution in [0, 0.1) is 6.92 Å². The topological polar surface area (TPSA) is 49.8 Å². The Morgan fingerprint density at radius 2 is 1.86 bits per heavy atom. The van der Waals surface area contributed by atoms with Gasteiger partial charge in [-0.25, -0.2) is 4.98 Å². The molecule has 0 saturated heterocycles. The van der Waals surface area contributed by atoms with E-state index in [1.165, 1.54) is 5.56 Å². The minimum atomic E-state index is 0.597. The van der Waals surface area contributed by atoms with Crippen LogP contribution in [0.4, 0.5) is 17.5 Å². The average Bonchev–Trinajstić information content (AvgIpc) is 2.49. The van der Waals surface area contributed by atoms with E-state index in [2.05, 4.69) is 55.6 Å². The number of aryl methyl sites for hydroxylation is 1. The lowest BCUT2D eigenvalue weighted by atomic mass is 10.2. The van der Waals surface area contributed by atoms with Crippen LogP contribution in [0.25, 0.3) is 10.9 Å². The van der Waals surface area contributed by atoms with Gasteiger partial charge >= 0.3 is 0 Å². The van der Waals surface area contributed by atoms with Crippen molar-refractivity contribution in [3.05, 3.63) is 52.5 Å². The van der Waals surface area contributed by atoms with E-state index in [1.807, 2.05) is 37.4 Å². The van der Waals surface area contributed by atoms with E-state index >= 15 is 0 Å². The van der Waals surface area contributed by atoms with Crippen LogP contribution in [0.15, 0.2) is 46.9 Å². The normalized spacial score (nSPS) is 10.6. The Labute approximate surface area is 131 Å². The average molecular weight is 343 g/mol. The highest BCUT2D eigenvalue weighted by Gasteiger charge is 2.08. The summed E-state index contributed by atoms with van der Waals surface area (Å²) in [6.07, 6.45) is 0. The molecule has 0 aliphatic carbocycles. The highest BCUT2D eigenvalue weighted by Crippen LogP contribution is 2.29. The molecular formula is C16H15BrN4. The van der Waals surface area contributed by atoms with Gasteiger partial charge < -0.3 is 10.6 Å². The Balaban J connectivity index is 2.10. The van der Waals surface area contributed by atoms with Crippen LogP contribution in [0.5, 0.6) is 0 Å².